The molecule has 2 N–H and O–H groups in total. The summed E-state index contributed by atoms with van der Waals surface area (Å²) in [6.45, 7) is 4.19. The van der Waals surface area contributed by atoms with Crippen LogP contribution in [0.3, 0.4) is 0 Å². The summed E-state index contributed by atoms with van der Waals surface area (Å²) in [5.74, 6) is -0.350. The molecule has 0 spiro atoms. The molecule has 2 amide bonds. The van der Waals surface area contributed by atoms with Gasteiger partial charge in [0.2, 0.25) is 0 Å². The molecule has 1 saturated heterocycles. The number of carbonyl (C=O) groups is 1. The molecule has 4 nitrogen and oxygen atoms in total. The zero-order chi connectivity index (χ0) is 17.5. The lowest BCUT2D eigenvalue weighted by Crippen LogP contribution is -3.14. The number of carbonyl (C=O) groups excluding carboxylic acids is 1. The minimum absolute atomic E-state index is 0.163. The van der Waals surface area contributed by atoms with Gasteiger partial charge in [-0.1, -0.05) is 42.5 Å². The van der Waals surface area contributed by atoms with Crippen molar-refractivity contribution < 1.29 is 14.1 Å². The third kappa shape index (κ3) is 5.16. The maximum atomic E-state index is 13.2. The number of nitrogens with one attached hydrogen (secondary N) is 2. The number of benzene rings is 2. The quantitative estimate of drug-likeness (QED) is 0.880. The minimum atomic E-state index is -0.350. The van der Waals surface area contributed by atoms with E-state index in [-0.39, 0.29) is 11.8 Å². The molecule has 2 aromatic carbocycles. The molecule has 1 aliphatic rings. The van der Waals surface area contributed by atoms with Crippen LogP contribution in [-0.4, -0.2) is 43.7 Å². The van der Waals surface area contributed by atoms with Gasteiger partial charge < -0.3 is 15.1 Å². The maximum Gasteiger partial charge on any atom is 0.322 e. The highest BCUT2D eigenvalue weighted by atomic mass is 19.1. The minimum Gasteiger partial charge on any atom is -0.329 e. The average Bonchev–Trinajstić information content (AvgIpc) is 2.63. The fourth-order valence-corrected chi connectivity index (χ4v) is 2.92. The highest BCUT2D eigenvalue weighted by molar-refractivity contribution is 5.89. The SMILES string of the molecule is O=C(Nc1cccc(F)c1)N1CC[NH+](CC=Cc2ccccc2)CC1. The van der Waals surface area contributed by atoms with Crippen LogP contribution in [0.25, 0.3) is 6.08 Å². The molecule has 1 heterocycles. The van der Waals surface area contributed by atoms with Gasteiger partial charge in [-0.15, -0.1) is 0 Å². The van der Waals surface area contributed by atoms with Gasteiger partial charge in [-0.2, -0.15) is 0 Å². The number of quaternary nitrogens is 1. The topological polar surface area (TPSA) is 36.8 Å². The summed E-state index contributed by atoms with van der Waals surface area (Å²) in [6.07, 6.45) is 4.32. The van der Waals surface area contributed by atoms with E-state index in [0.717, 1.165) is 19.6 Å². The Kier molecular flexibility index (Phi) is 5.80. The van der Waals surface area contributed by atoms with Crippen LogP contribution in [0.4, 0.5) is 14.9 Å². The number of amides is 2. The number of rotatable bonds is 4. The standard InChI is InChI=1S/C20H22FN3O/c21-18-9-4-10-19(16-18)22-20(25)24-14-12-23(13-15-24)11-5-8-17-6-2-1-3-7-17/h1-10,16H,11-15H2,(H,22,25)/p+1. The summed E-state index contributed by atoms with van der Waals surface area (Å²) in [4.78, 5) is 15.5. The normalized spacial score (nSPS) is 15.5. The zero-order valence-electron chi connectivity index (χ0n) is 14.1. The fourth-order valence-electron chi connectivity index (χ4n) is 2.92. The molecule has 130 valence electrons. The van der Waals surface area contributed by atoms with Crippen molar-refractivity contribution in [2.75, 3.05) is 38.0 Å². The second-order valence-corrected chi connectivity index (χ2v) is 6.19. The van der Waals surface area contributed by atoms with Crippen molar-refractivity contribution in [2.24, 2.45) is 0 Å². The lowest BCUT2D eigenvalue weighted by molar-refractivity contribution is -0.898. The molecule has 3 rings (SSSR count). The zero-order valence-corrected chi connectivity index (χ0v) is 14.1. The van der Waals surface area contributed by atoms with E-state index in [1.54, 1.807) is 17.0 Å². The molecule has 0 aliphatic carbocycles. The van der Waals surface area contributed by atoms with E-state index in [0.29, 0.717) is 18.8 Å². The van der Waals surface area contributed by atoms with Gasteiger partial charge in [0, 0.05) is 5.69 Å². The Morgan fingerprint density at radius 1 is 1.12 bits per heavy atom. The van der Waals surface area contributed by atoms with Gasteiger partial charge in [0.25, 0.3) is 0 Å². The Morgan fingerprint density at radius 2 is 1.88 bits per heavy atom. The van der Waals surface area contributed by atoms with Gasteiger partial charge in [0.1, 0.15) is 5.82 Å². The molecule has 0 bridgehead atoms. The van der Waals surface area contributed by atoms with E-state index in [9.17, 15) is 9.18 Å². The smallest absolute Gasteiger partial charge is 0.322 e. The Hall–Kier alpha value is -2.66. The molecule has 25 heavy (non-hydrogen) atoms. The summed E-state index contributed by atoms with van der Waals surface area (Å²) >= 11 is 0. The van der Waals surface area contributed by atoms with E-state index < -0.39 is 0 Å². The number of hydrogen-bond acceptors (Lipinski definition) is 1. The van der Waals surface area contributed by atoms with Crippen molar-refractivity contribution >= 4 is 17.8 Å². The van der Waals surface area contributed by atoms with Crippen molar-refractivity contribution in [2.45, 2.75) is 0 Å². The Bertz CT molecular complexity index is 725. The number of halogens is 1. The van der Waals surface area contributed by atoms with Crippen molar-refractivity contribution in [1.29, 1.82) is 0 Å². The Labute approximate surface area is 147 Å². The number of piperazine rings is 1. The summed E-state index contributed by atoms with van der Waals surface area (Å²) in [5, 5.41) is 2.76. The van der Waals surface area contributed by atoms with E-state index in [4.69, 9.17) is 0 Å². The third-order valence-electron chi connectivity index (χ3n) is 4.35. The number of nitrogens with zero attached hydrogens (tertiary/aromatic N) is 1. The van der Waals surface area contributed by atoms with Gasteiger partial charge in [-0.25, -0.2) is 9.18 Å². The summed E-state index contributed by atoms with van der Waals surface area (Å²) in [7, 11) is 0. The highest BCUT2D eigenvalue weighted by Crippen LogP contribution is 2.10. The van der Waals surface area contributed by atoms with Crippen LogP contribution in [0, 0.1) is 5.82 Å². The van der Waals surface area contributed by atoms with Crippen LogP contribution in [0.15, 0.2) is 60.7 Å². The van der Waals surface area contributed by atoms with E-state index in [1.807, 2.05) is 18.2 Å². The molecule has 0 unspecified atom stereocenters. The van der Waals surface area contributed by atoms with Gasteiger partial charge in [-0.3, -0.25) is 0 Å². The third-order valence-corrected chi connectivity index (χ3v) is 4.35. The van der Waals surface area contributed by atoms with Crippen LogP contribution >= 0.6 is 0 Å². The predicted molar refractivity (Wildman–Crippen MR) is 98.0 cm³/mol. The van der Waals surface area contributed by atoms with Crippen LogP contribution in [0.1, 0.15) is 5.56 Å². The van der Waals surface area contributed by atoms with Gasteiger partial charge in [0.05, 0.1) is 32.7 Å². The molecule has 5 heteroatoms. The first-order valence-corrected chi connectivity index (χ1v) is 8.57. The molecule has 1 fully saturated rings. The van der Waals surface area contributed by atoms with Gasteiger partial charge in [0.15, 0.2) is 0 Å². The van der Waals surface area contributed by atoms with Crippen LogP contribution < -0.4 is 10.2 Å². The fraction of sp³-hybridized carbons (Fsp3) is 0.250. The molecular formula is C20H23FN3O+. The second kappa shape index (κ2) is 8.44. The molecule has 0 saturated carbocycles. The maximum absolute atomic E-state index is 13.2. The van der Waals surface area contributed by atoms with Crippen molar-refractivity contribution in [3.8, 4) is 0 Å². The van der Waals surface area contributed by atoms with Crippen LogP contribution in [0.5, 0.6) is 0 Å². The molecule has 2 aromatic rings. The molecular weight excluding hydrogens is 317 g/mol. The predicted octanol–water partition coefficient (Wildman–Crippen LogP) is 2.27. The first-order valence-electron chi connectivity index (χ1n) is 8.57. The monoisotopic (exact) mass is 340 g/mol. The molecule has 1 aliphatic heterocycles. The largest absolute Gasteiger partial charge is 0.329 e. The lowest BCUT2D eigenvalue weighted by Gasteiger charge is -2.31. The Morgan fingerprint density at radius 3 is 2.60 bits per heavy atom. The van der Waals surface area contributed by atoms with Crippen molar-refractivity contribution in [3.63, 3.8) is 0 Å². The number of hydrogen-bond donors (Lipinski definition) is 2. The van der Waals surface area contributed by atoms with Crippen LogP contribution in [0.2, 0.25) is 0 Å². The summed E-state index contributed by atoms with van der Waals surface area (Å²) < 4.78 is 13.2. The van der Waals surface area contributed by atoms with E-state index in [2.05, 4.69) is 29.6 Å². The first kappa shape index (κ1) is 17.2. The number of urea groups is 1. The van der Waals surface area contributed by atoms with E-state index >= 15 is 0 Å². The van der Waals surface area contributed by atoms with Crippen LogP contribution in [-0.2, 0) is 0 Å². The van der Waals surface area contributed by atoms with Gasteiger partial charge >= 0.3 is 6.03 Å². The molecule has 0 atom stereocenters. The summed E-state index contributed by atoms with van der Waals surface area (Å²) in [6, 6.07) is 16.0. The van der Waals surface area contributed by atoms with Crippen molar-refractivity contribution in [3.05, 3.63) is 72.1 Å². The van der Waals surface area contributed by atoms with Crippen molar-refractivity contribution in [1.82, 2.24) is 4.90 Å². The average molecular weight is 340 g/mol. The highest BCUT2D eigenvalue weighted by Gasteiger charge is 2.22. The number of anilines is 1. The second-order valence-electron chi connectivity index (χ2n) is 6.19. The lowest BCUT2D eigenvalue weighted by atomic mass is 10.2. The molecule has 0 radical (unpaired) electrons. The van der Waals surface area contributed by atoms with E-state index in [1.165, 1.54) is 22.6 Å². The first-order chi connectivity index (χ1) is 12.2. The Balaban J connectivity index is 1.43. The van der Waals surface area contributed by atoms with Gasteiger partial charge in [-0.05, 0) is 29.8 Å². The molecule has 0 aromatic heterocycles. The summed E-state index contributed by atoms with van der Waals surface area (Å²) in [5.41, 5.74) is 1.69.